The lowest BCUT2D eigenvalue weighted by Crippen LogP contribution is -1.80. The summed E-state index contributed by atoms with van der Waals surface area (Å²) >= 11 is 0. The van der Waals surface area contributed by atoms with E-state index in [0.29, 0.717) is 0 Å². The van der Waals surface area contributed by atoms with Gasteiger partial charge in [-0.05, 0) is 46.2 Å². The highest BCUT2D eigenvalue weighted by Gasteiger charge is 1.93. The van der Waals surface area contributed by atoms with Crippen molar-refractivity contribution in [1.82, 2.24) is 0 Å². The van der Waals surface area contributed by atoms with Crippen LogP contribution in [0, 0.1) is 0 Å². The minimum absolute atomic E-state index is 1.09. The Hall–Kier alpha value is -2.86. The van der Waals surface area contributed by atoms with Gasteiger partial charge in [0, 0.05) is 0 Å². The lowest BCUT2D eigenvalue weighted by atomic mass is 10.1. The molecule has 0 aliphatic rings. The number of benzene rings is 3. The van der Waals surface area contributed by atoms with Crippen LogP contribution in [0.5, 0.6) is 0 Å². The highest BCUT2D eigenvalue weighted by Crippen LogP contribution is 2.14. The van der Waals surface area contributed by atoms with E-state index in [9.17, 15) is 0 Å². The first-order chi connectivity index (χ1) is 12.8. The van der Waals surface area contributed by atoms with Crippen molar-refractivity contribution in [3.63, 3.8) is 0 Å². The van der Waals surface area contributed by atoms with Crippen LogP contribution in [0.1, 0.15) is 47.2 Å². The maximum atomic E-state index is 2.20. The molecule has 130 valence electrons. The second-order valence-electron chi connectivity index (χ2n) is 6.52. The SMILES string of the molecule is CCc1ccc(C=Cc2ccc(C=Cc3ccc(CC)cc3)cc2)cc1. The monoisotopic (exact) mass is 338 g/mol. The molecule has 0 saturated carbocycles. The summed E-state index contributed by atoms with van der Waals surface area (Å²) in [5, 5.41) is 0. The van der Waals surface area contributed by atoms with Crippen molar-refractivity contribution in [2.75, 3.05) is 0 Å². The molecular weight excluding hydrogens is 312 g/mol. The third-order valence-electron chi connectivity index (χ3n) is 4.65. The van der Waals surface area contributed by atoms with Crippen LogP contribution in [0.3, 0.4) is 0 Å². The van der Waals surface area contributed by atoms with Gasteiger partial charge in [-0.1, -0.05) is 111 Å². The van der Waals surface area contributed by atoms with E-state index in [1.54, 1.807) is 0 Å². The number of rotatable bonds is 6. The van der Waals surface area contributed by atoms with Gasteiger partial charge in [-0.25, -0.2) is 0 Å². The average molecular weight is 338 g/mol. The first-order valence-electron chi connectivity index (χ1n) is 9.41. The molecule has 3 rings (SSSR count). The zero-order chi connectivity index (χ0) is 18.2. The average Bonchev–Trinajstić information content (AvgIpc) is 2.72. The summed E-state index contributed by atoms with van der Waals surface area (Å²) in [7, 11) is 0. The molecule has 0 amide bonds. The van der Waals surface area contributed by atoms with Gasteiger partial charge >= 0.3 is 0 Å². The van der Waals surface area contributed by atoms with Gasteiger partial charge in [-0.15, -0.1) is 0 Å². The van der Waals surface area contributed by atoms with Crippen molar-refractivity contribution < 1.29 is 0 Å². The first-order valence-corrected chi connectivity index (χ1v) is 9.41. The van der Waals surface area contributed by atoms with E-state index in [4.69, 9.17) is 0 Å². The third-order valence-corrected chi connectivity index (χ3v) is 4.65. The normalized spacial score (nSPS) is 11.5. The summed E-state index contributed by atoms with van der Waals surface area (Å²) in [4.78, 5) is 0. The molecule has 0 aliphatic heterocycles. The van der Waals surface area contributed by atoms with Gasteiger partial charge in [0.05, 0.1) is 0 Å². The Balaban J connectivity index is 1.63. The second kappa shape index (κ2) is 9.01. The van der Waals surface area contributed by atoms with Gasteiger partial charge in [0.15, 0.2) is 0 Å². The fraction of sp³-hybridized carbons (Fsp3) is 0.154. The predicted molar refractivity (Wildman–Crippen MR) is 116 cm³/mol. The van der Waals surface area contributed by atoms with E-state index in [1.807, 2.05) is 0 Å². The molecule has 0 aliphatic carbocycles. The van der Waals surface area contributed by atoms with E-state index < -0.39 is 0 Å². The minimum Gasteiger partial charge on any atom is -0.0613 e. The maximum Gasteiger partial charge on any atom is -0.0256 e. The molecule has 26 heavy (non-hydrogen) atoms. The van der Waals surface area contributed by atoms with E-state index in [2.05, 4.69) is 111 Å². The van der Waals surface area contributed by atoms with Crippen molar-refractivity contribution >= 4 is 24.3 Å². The Labute approximate surface area is 157 Å². The van der Waals surface area contributed by atoms with E-state index in [0.717, 1.165) is 12.8 Å². The van der Waals surface area contributed by atoms with Crippen molar-refractivity contribution in [2.24, 2.45) is 0 Å². The van der Waals surface area contributed by atoms with Gasteiger partial charge < -0.3 is 0 Å². The predicted octanol–water partition coefficient (Wildman–Crippen LogP) is 7.15. The molecule has 0 saturated heterocycles. The standard InChI is InChI=1S/C26H26/c1-3-21-5-9-23(10-6-21)13-15-25-17-19-26(20-18-25)16-14-24-11-7-22(4-2)8-12-24/h5-20H,3-4H2,1-2H3. The Morgan fingerprint density at radius 2 is 0.654 bits per heavy atom. The molecule has 0 nitrogen and oxygen atoms in total. The van der Waals surface area contributed by atoms with Crippen LogP contribution >= 0.6 is 0 Å². The van der Waals surface area contributed by atoms with Gasteiger partial charge in [0.2, 0.25) is 0 Å². The van der Waals surface area contributed by atoms with Crippen LogP contribution in [-0.4, -0.2) is 0 Å². The van der Waals surface area contributed by atoms with E-state index in [1.165, 1.54) is 33.4 Å². The zero-order valence-electron chi connectivity index (χ0n) is 15.7. The van der Waals surface area contributed by atoms with Crippen LogP contribution in [0.2, 0.25) is 0 Å². The summed E-state index contributed by atoms with van der Waals surface area (Å²) < 4.78 is 0. The van der Waals surface area contributed by atoms with Crippen LogP contribution < -0.4 is 0 Å². The lowest BCUT2D eigenvalue weighted by molar-refractivity contribution is 1.14. The molecule has 3 aromatic carbocycles. The van der Waals surface area contributed by atoms with Crippen LogP contribution in [-0.2, 0) is 12.8 Å². The van der Waals surface area contributed by atoms with Crippen LogP contribution in [0.25, 0.3) is 24.3 Å². The smallest absolute Gasteiger partial charge is 0.0256 e. The molecule has 0 atom stereocenters. The number of aryl methyl sites for hydroxylation is 2. The van der Waals surface area contributed by atoms with Gasteiger partial charge in [-0.3, -0.25) is 0 Å². The lowest BCUT2D eigenvalue weighted by Gasteiger charge is -1.99. The van der Waals surface area contributed by atoms with E-state index in [-0.39, 0.29) is 0 Å². The summed E-state index contributed by atoms with van der Waals surface area (Å²) in [6, 6.07) is 26.1. The molecule has 0 heteroatoms. The Morgan fingerprint density at radius 3 is 0.885 bits per heavy atom. The molecule has 0 unspecified atom stereocenters. The van der Waals surface area contributed by atoms with Crippen molar-refractivity contribution in [1.29, 1.82) is 0 Å². The topological polar surface area (TPSA) is 0 Å². The maximum absolute atomic E-state index is 2.20. The minimum atomic E-state index is 1.09. The zero-order valence-corrected chi connectivity index (χ0v) is 15.7. The molecule has 0 fully saturated rings. The fourth-order valence-electron chi connectivity index (χ4n) is 2.83. The van der Waals surface area contributed by atoms with Gasteiger partial charge in [-0.2, -0.15) is 0 Å². The first kappa shape index (κ1) is 17.9. The highest BCUT2D eigenvalue weighted by atomic mass is 14.0. The fourth-order valence-corrected chi connectivity index (χ4v) is 2.83. The second-order valence-corrected chi connectivity index (χ2v) is 6.52. The van der Waals surface area contributed by atoms with Gasteiger partial charge in [0.25, 0.3) is 0 Å². The Morgan fingerprint density at radius 1 is 0.423 bits per heavy atom. The van der Waals surface area contributed by atoms with Crippen molar-refractivity contribution in [3.05, 3.63) is 106 Å². The molecule has 0 aromatic heterocycles. The summed E-state index contributed by atoms with van der Waals surface area (Å²) in [5.74, 6) is 0. The highest BCUT2D eigenvalue weighted by molar-refractivity contribution is 5.73. The summed E-state index contributed by atoms with van der Waals surface area (Å²) in [6.07, 6.45) is 10.8. The molecule has 3 aromatic rings. The molecule has 0 spiro atoms. The number of hydrogen-bond acceptors (Lipinski definition) is 0. The van der Waals surface area contributed by atoms with Crippen molar-refractivity contribution in [2.45, 2.75) is 26.7 Å². The Kier molecular flexibility index (Phi) is 6.22. The Bertz CT molecular complexity index is 784. The molecule has 0 radical (unpaired) electrons. The van der Waals surface area contributed by atoms with E-state index >= 15 is 0 Å². The van der Waals surface area contributed by atoms with Crippen molar-refractivity contribution in [3.8, 4) is 0 Å². The number of hydrogen-bond donors (Lipinski definition) is 0. The molecule has 0 N–H and O–H groups in total. The van der Waals surface area contributed by atoms with Crippen LogP contribution in [0.15, 0.2) is 72.8 Å². The molecule has 0 heterocycles. The molecule has 0 bridgehead atoms. The van der Waals surface area contributed by atoms with Gasteiger partial charge in [0.1, 0.15) is 0 Å². The largest absolute Gasteiger partial charge is 0.0613 e. The summed E-state index contributed by atoms with van der Waals surface area (Å²) in [6.45, 7) is 4.36. The quantitative estimate of drug-likeness (QED) is 0.418. The molecular formula is C26H26. The van der Waals surface area contributed by atoms with Crippen LogP contribution in [0.4, 0.5) is 0 Å². The summed E-state index contributed by atoms with van der Waals surface area (Å²) in [5.41, 5.74) is 7.66. The third kappa shape index (κ3) is 5.07.